The zero-order valence-corrected chi connectivity index (χ0v) is 13.3. The largest absolute Gasteiger partial charge is 0.478 e. The highest BCUT2D eigenvalue weighted by Crippen LogP contribution is 2.38. The lowest BCUT2D eigenvalue weighted by Crippen LogP contribution is -2.17. The van der Waals surface area contributed by atoms with Crippen LogP contribution in [0.2, 0.25) is 0 Å². The lowest BCUT2D eigenvalue weighted by Gasteiger charge is -2.16. The zero-order chi connectivity index (χ0) is 18.1. The molecule has 2 aromatic carbocycles. The van der Waals surface area contributed by atoms with Crippen LogP contribution in [0.4, 0.5) is 13.2 Å². The van der Waals surface area contributed by atoms with Gasteiger partial charge in [0.1, 0.15) is 0 Å². The number of halogens is 3. The van der Waals surface area contributed by atoms with E-state index in [-0.39, 0.29) is 16.9 Å². The second kappa shape index (κ2) is 6.27. The molecule has 0 aromatic heterocycles. The molecule has 0 saturated heterocycles. The van der Waals surface area contributed by atoms with Crippen molar-refractivity contribution in [2.24, 2.45) is 0 Å². The van der Waals surface area contributed by atoms with Gasteiger partial charge in [0.25, 0.3) is 0 Å². The Kier molecular flexibility index (Phi) is 4.70. The summed E-state index contributed by atoms with van der Waals surface area (Å²) in [5.74, 6) is -1.54. The number of aromatic carboxylic acids is 1. The van der Waals surface area contributed by atoms with E-state index in [4.69, 9.17) is 5.11 Å². The van der Waals surface area contributed by atoms with Crippen LogP contribution >= 0.6 is 0 Å². The van der Waals surface area contributed by atoms with Crippen LogP contribution in [0.15, 0.2) is 52.3 Å². The normalized spacial score (nSPS) is 12.2. The zero-order valence-electron chi connectivity index (χ0n) is 12.5. The first kappa shape index (κ1) is 18.0. The first-order valence-corrected chi connectivity index (χ1v) is 8.35. The third-order valence-electron chi connectivity index (χ3n) is 3.47. The summed E-state index contributed by atoms with van der Waals surface area (Å²) in [6, 6.07) is 7.89. The molecule has 0 amide bonds. The molecule has 2 aromatic rings. The third kappa shape index (κ3) is 3.28. The van der Waals surface area contributed by atoms with Crippen molar-refractivity contribution in [3.8, 4) is 0 Å². The Bertz CT molecular complexity index is 872. The van der Waals surface area contributed by atoms with E-state index >= 15 is 0 Å². The van der Waals surface area contributed by atoms with Gasteiger partial charge in [-0.25, -0.2) is 13.2 Å². The highest BCUT2D eigenvalue weighted by atomic mass is 32.2. The van der Waals surface area contributed by atoms with Gasteiger partial charge in [0.15, 0.2) is 0 Å². The minimum atomic E-state index is -5.01. The van der Waals surface area contributed by atoms with Crippen molar-refractivity contribution in [3.63, 3.8) is 0 Å². The number of sulfone groups is 1. The van der Waals surface area contributed by atoms with Crippen molar-refractivity contribution in [2.75, 3.05) is 0 Å². The van der Waals surface area contributed by atoms with Crippen LogP contribution in [0.5, 0.6) is 0 Å². The fourth-order valence-electron chi connectivity index (χ4n) is 2.28. The predicted molar refractivity (Wildman–Crippen MR) is 79.7 cm³/mol. The minimum Gasteiger partial charge on any atom is -0.478 e. The molecule has 0 aliphatic rings. The summed E-state index contributed by atoms with van der Waals surface area (Å²) in [6.45, 7) is 1.54. The van der Waals surface area contributed by atoms with Crippen LogP contribution < -0.4 is 0 Å². The fourth-order valence-corrected chi connectivity index (χ4v) is 3.81. The second-order valence-electron chi connectivity index (χ2n) is 4.98. The fraction of sp³-hybridized carbons (Fsp3) is 0.188. The lowest BCUT2D eigenvalue weighted by atomic mass is 10.0. The summed E-state index contributed by atoms with van der Waals surface area (Å²) in [4.78, 5) is 9.94. The molecule has 0 heterocycles. The van der Waals surface area contributed by atoms with Crippen LogP contribution in [0.25, 0.3) is 0 Å². The highest BCUT2D eigenvalue weighted by molar-refractivity contribution is 7.91. The van der Waals surface area contributed by atoms with Crippen molar-refractivity contribution >= 4 is 15.8 Å². The maximum atomic E-state index is 13.3. The van der Waals surface area contributed by atoms with Gasteiger partial charge in [0.05, 0.1) is 20.9 Å². The number of carbonyl (C=O) groups is 1. The molecule has 0 atom stereocenters. The molecular weight excluding hydrogens is 345 g/mol. The number of hydrogen-bond acceptors (Lipinski definition) is 3. The number of rotatable bonds is 4. The average molecular weight is 358 g/mol. The third-order valence-corrected chi connectivity index (χ3v) is 5.27. The van der Waals surface area contributed by atoms with Gasteiger partial charge < -0.3 is 5.11 Å². The highest BCUT2D eigenvalue weighted by Gasteiger charge is 2.39. The van der Waals surface area contributed by atoms with Crippen molar-refractivity contribution < 1.29 is 31.5 Å². The van der Waals surface area contributed by atoms with E-state index in [1.54, 1.807) is 0 Å². The number of carboxylic acids is 1. The molecule has 0 aliphatic carbocycles. The van der Waals surface area contributed by atoms with Crippen LogP contribution in [0.3, 0.4) is 0 Å². The number of hydrogen-bond donors (Lipinski definition) is 1. The average Bonchev–Trinajstić information content (AvgIpc) is 2.53. The van der Waals surface area contributed by atoms with Crippen molar-refractivity contribution in [1.29, 1.82) is 0 Å². The molecule has 0 radical (unpaired) electrons. The number of aryl methyl sites for hydroxylation is 1. The first-order chi connectivity index (χ1) is 11.1. The SMILES string of the molecule is CCc1cc(S(=O)(=O)c2ccccc2)c(C(F)(F)F)cc1C(=O)O. The van der Waals surface area contributed by atoms with E-state index in [0.717, 1.165) is 6.07 Å². The van der Waals surface area contributed by atoms with Crippen LogP contribution in [0, 0.1) is 0 Å². The van der Waals surface area contributed by atoms with Crippen LogP contribution in [-0.2, 0) is 22.4 Å². The first-order valence-electron chi connectivity index (χ1n) is 6.86. The van der Waals surface area contributed by atoms with Gasteiger partial charge in [-0.2, -0.15) is 13.2 Å². The van der Waals surface area contributed by atoms with E-state index in [2.05, 4.69) is 0 Å². The van der Waals surface area contributed by atoms with Crippen molar-refractivity contribution in [1.82, 2.24) is 0 Å². The summed E-state index contributed by atoms with van der Waals surface area (Å²) in [5.41, 5.74) is -2.03. The summed E-state index contributed by atoms with van der Waals surface area (Å²) in [7, 11) is -4.44. The van der Waals surface area contributed by atoms with Gasteiger partial charge in [-0.1, -0.05) is 25.1 Å². The number of carboxylic acid groups (broad SMARTS) is 1. The monoisotopic (exact) mass is 358 g/mol. The molecule has 0 unspecified atom stereocenters. The molecule has 0 spiro atoms. The smallest absolute Gasteiger partial charge is 0.417 e. The Morgan fingerprint density at radius 1 is 1.12 bits per heavy atom. The Hall–Kier alpha value is -2.35. The summed E-state index contributed by atoms with van der Waals surface area (Å²) in [5, 5.41) is 9.08. The molecule has 0 fully saturated rings. The van der Waals surface area contributed by atoms with Crippen molar-refractivity contribution in [3.05, 3.63) is 59.2 Å². The summed E-state index contributed by atoms with van der Waals surface area (Å²) >= 11 is 0. The number of benzene rings is 2. The Morgan fingerprint density at radius 2 is 1.71 bits per heavy atom. The molecule has 0 aliphatic heterocycles. The van der Waals surface area contributed by atoms with E-state index in [1.165, 1.54) is 37.3 Å². The van der Waals surface area contributed by atoms with E-state index in [1.807, 2.05) is 0 Å². The predicted octanol–water partition coefficient (Wildman–Crippen LogP) is 3.80. The second-order valence-corrected chi connectivity index (χ2v) is 6.90. The molecule has 8 heteroatoms. The number of alkyl halides is 3. The molecule has 1 N–H and O–H groups in total. The van der Waals surface area contributed by atoms with Gasteiger partial charge in [0.2, 0.25) is 9.84 Å². The van der Waals surface area contributed by atoms with Crippen LogP contribution in [-0.4, -0.2) is 19.5 Å². The van der Waals surface area contributed by atoms with E-state index in [9.17, 15) is 26.4 Å². The van der Waals surface area contributed by atoms with Crippen molar-refractivity contribution in [2.45, 2.75) is 29.3 Å². The molecule has 128 valence electrons. The Labute approximate surface area is 136 Å². The molecular formula is C16H13F3O4S. The van der Waals surface area contributed by atoms with E-state index < -0.39 is 38.0 Å². The van der Waals surface area contributed by atoms with Gasteiger partial charge in [0, 0.05) is 0 Å². The topological polar surface area (TPSA) is 71.4 Å². The molecule has 0 bridgehead atoms. The quantitative estimate of drug-likeness (QED) is 0.902. The molecule has 2 rings (SSSR count). The van der Waals surface area contributed by atoms with Gasteiger partial charge in [-0.05, 0) is 36.2 Å². The summed E-state index contributed by atoms with van der Waals surface area (Å²) < 4.78 is 65.2. The molecule has 0 saturated carbocycles. The van der Waals surface area contributed by atoms with Gasteiger partial charge >= 0.3 is 12.1 Å². The van der Waals surface area contributed by atoms with Crippen LogP contribution in [0.1, 0.15) is 28.4 Å². The lowest BCUT2D eigenvalue weighted by molar-refractivity contribution is -0.139. The summed E-state index contributed by atoms with van der Waals surface area (Å²) in [6.07, 6.45) is -4.93. The Balaban J connectivity index is 2.85. The Morgan fingerprint density at radius 3 is 2.17 bits per heavy atom. The standard InChI is InChI=1S/C16H13F3O4S/c1-2-10-8-14(24(22,23)11-6-4-3-5-7-11)13(16(17,18)19)9-12(10)15(20)21/h3-9H,2H2,1H3,(H,20,21). The maximum Gasteiger partial charge on any atom is 0.417 e. The van der Waals surface area contributed by atoms with Gasteiger partial charge in [-0.15, -0.1) is 0 Å². The molecule has 4 nitrogen and oxygen atoms in total. The minimum absolute atomic E-state index is 0.0185. The van der Waals surface area contributed by atoms with E-state index in [0.29, 0.717) is 6.07 Å². The van der Waals surface area contributed by atoms with Gasteiger partial charge in [-0.3, -0.25) is 0 Å². The molecule has 24 heavy (non-hydrogen) atoms. The maximum absolute atomic E-state index is 13.3.